The van der Waals surface area contributed by atoms with Crippen LogP contribution in [0, 0.1) is 5.92 Å². The SMILES string of the molecule is COC(=O)[C@H]1CCN[C@H]1c1ccccc1. The van der Waals surface area contributed by atoms with Crippen LogP contribution in [0.4, 0.5) is 0 Å². The molecule has 1 fully saturated rings. The standard InChI is InChI=1S/C12H15NO2/c1-15-12(14)10-7-8-13-11(10)9-5-3-2-4-6-9/h2-6,10-11,13H,7-8H2,1H3/t10-,11-/m0/s1. The summed E-state index contributed by atoms with van der Waals surface area (Å²) in [5.74, 6) is -0.161. The molecule has 2 rings (SSSR count). The van der Waals surface area contributed by atoms with Crippen molar-refractivity contribution < 1.29 is 9.53 Å². The number of nitrogens with one attached hydrogen (secondary N) is 1. The number of carbonyl (C=O) groups excluding carboxylic acids is 1. The Hall–Kier alpha value is -1.35. The minimum absolute atomic E-state index is 0.0441. The quantitative estimate of drug-likeness (QED) is 0.744. The minimum Gasteiger partial charge on any atom is -0.469 e. The molecule has 1 saturated heterocycles. The number of esters is 1. The van der Waals surface area contributed by atoms with Crippen molar-refractivity contribution in [3.05, 3.63) is 35.9 Å². The summed E-state index contributed by atoms with van der Waals surface area (Å²) in [6, 6.07) is 10.1. The fourth-order valence-electron chi connectivity index (χ4n) is 2.12. The second-order valence-electron chi connectivity index (χ2n) is 3.76. The van der Waals surface area contributed by atoms with Crippen molar-refractivity contribution in [2.24, 2.45) is 5.92 Å². The minimum atomic E-state index is -0.117. The molecule has 0 aliphatic carbocycles. The lowest BCUT2D eigenvalue weighted by molar-refractivity contribution is -0.145. The molecule has 0 saturated carbocycles. The smallest absolute Gasteiger partial charge is 0.310 e. The molecule has 1 N–H and O–H groups in total. The molecule has 1 aromatic rings. The van der Waals surface area contributed by atoms with Gasteiger partial charge in [-0.2, -0.15) is 0 Å². The Balaban J connectivity index is 2.18. The first-order chi connectivity index (χ1) is 7.33. The van der Waals surface area contributed by atoms with Crippen molar-refractivity contribution in [1.29, 1.82) is 0 Å². The summed E-state index contributed by atoms with van der Waals surface area (Å²) >= 11 is 0. The van der Waals surface area contributed by atoms with Gasteiger partial charge in [0, 0.05) is 6.04 Å². The first-order valence-corrected chi connectivity index (χ1v) is 5.19. The fourth-order valence-corrected chi connectivity index (χ4v) is 2.12. The molecule has 0 bridgehead atoms. The molecule has 1 aromatic carbocycles. The van der Waals surface area contributed by atoms with Crippen molar-refractivity contribution in [3.63, 3.8) is 0 Å². The van der Waals surface area contributed by atoms with Gasteiger partial charge in [0.1, 0.15) is 0 Å². The highest BCUT2D eigenvalue weighted by molar-refractivity contribution is 5.74. The van der Waals surface area contributed by atoms with E-state index in [1.807, 2.05) is 30.3 Å². The van der Waals surface area contributed by atoms with Gasteiger partial charge in [-0.1, -0.05) is 30.3 Å². The van der Waals surface area contributed by atoms with Crippen LogP contribution in [-0.2, 0) is 9.53 Å². The predicted octanol–water partition coefficient (Wildman–Crippen LogP) is 1.51. The Morgan fingerprint density at radius 3 is 2.80 bits per heavy atom. The molecule has 3 nitrogen and oxygen atoms in total. The van der Waals surface area contributed by atoms with Gasteiger partial charge in [-0.15, -0.1) is 0 Å². The van der Waals surface area contributed by atoms with E-state index in [1.54, 1.807) is 0 Å². The van der Waals surface area contributed by atoms with E-state index in [1.165, 1.54) is 7.11 Å². The van der Waals surface area contributed by atoms with Gasteiger partial charge in [0.15, 0.2) is 0 Å². The number of hydrogen-bond acceptors (Lipinski definition) is 3. The van der Waals surface area contributed by atoms with E-state index < -0.39 is 0 Å². The molecular weight excluding hydrogens is 190 g/mol. The van der Waals surface area contributed by atoms with Crippen molar-refractivity contribution >= 4 is 5.97 Å². The summed E-state index contributed by atoms with van der Waals surface area (Å²) in [7, 11) is 1.45. The Kier molecular flexibility index (Phi) is 3.02. The predicted molar refractivity (Wildman–Crippen MR) is 57.3 cm³/mol. The molecule has 15 heavy (non-hydrogen) atoms. The molecule has 0 unspecified atom stereocenters. The molecule has 0 amide bonds. The lowest BCUT2D eigenvalue weighted by Gasteiger charge is -2.17. The van der Waals surface area contributed by atoms with Crippen LogP contribution in [0.15, 0.2) is 30.3 Å². The molecule has 0 radical (unpaired) electrons. The molecule has 0 spiro atoms. The average Bonchev–Trinajstić information content (AvgIpc) is 2.78. The highest BCUT2D eigenvalue weighted by Crippen LogP contribution is 2.30. The van der Waals surface area contributed by atoms with Crippen molar-refractivity contribution in [3.8, 4) is 0 Å². The van der Waals surface area contributed by atoms with Gasteiger partial charge < -0.3 is 10.1 Å². The molecular formula is C12H15NO2. The molecule has 80 valence electrons. The Morgan fingerprint density at radius 2 is 2.13 bits per heavy atom. The summed E-state index contributed by atoms with van der Waals surface area (Å²) in [5.41, 5.74) is 1.16. The third-order valence-electron chi connectivity index (χ3n) is 2.88. The summed E-state index contributed by atoms with van der Waals surface area (Å²) < 4.78 is 4.81. The van der Waals surface area contributed by atoms with Crippen LogP contribution in [-0.4, -0.2) is 19.6 Å². The van der Waals surface area contributed by atoms with E-state index in [4.69, 9.17) is 4.74 Å². The van der Waals surface area contributed by atoms with E-state index in [0.29, 0.717) is 0 Å². The maximum atomic E-state index is 11.5. The lowest BCUT2D eigenvalue weighted by Crippen LogP contribution is -2.24. The Labute approximate surface area is 89.4 Å². The van der Waals surface area contributed by atoms with Crippen molar-refractivity contribution in [1.82, 2.24) is 5.32 Å². The molecule has 1 aliphatic heterocycles. The maximum absolute atomic E-state index is 11.5. The first kappa shape index (κ1) is 10.2. The van der Waals surface area contributed by atoms with E-state index >= 15 is 0 Å². The molecule has 1 aliphatic rings. The topological polar surface area (TPSA) is 38.3 Å². The van der Waals surface area contributed by atoms with Gasteiger partial charge in [-0.25, -0.2) is 0 Å². The highest BCUT2D eigenvalue weighted by Gasteiger charge is 2.34. The van der Waals surface area contributed by atoms with Gasteiger partial charge in [-0.05, 0) is 18.5 Å². The average molecular weight is 205 g/mol. The summed E-state index contributed by atoms with van der Waals surface area (Å²) in [6.45, 7) is 0.874. The summed E-state index contributed by atoms with van der Waals surface area (Å²) in [4.78, 5) is 11.5. The van der Waals surface area contributed by atoms with Crippen LogP contribution in [0.2, 0.25) is 0 Å². The van der Waals surface area contributed by atoms with Gasteiger partial charge >= 0.3 is 5.97 Å². The largest absolute Gasteiger partial charge is 0.469 e. The normalized spacial score (nSPS) is 25.1. The van der Waals surface area contributed by atoms with E-state index in [9.17, 15) is 4.79 Å². The first-order valence-electron chi connectivity index (χ1n) is 5.19. The number of rotatable bonds is 2. The molecule has 3 heteroatoms. The van der Waals surface area contributed by atoms with Crippen LogP contribution < -0.4 is 5.32 Å². The second-order valence-corrected chi connectivity index (χ2v) is 3.76. The molecule has 1 heterocycles. The number of ether oxygens (including phenoxy) is 1. The zero-order valence-corrected chi connectivity index (χ0v) is 8.77. The van der Waals surface area contributed by atoms with Crippen LogP contribution >= 0.6 is 0 Å². The van der Waals surface area contributed by atoms with Gasteiger partial charge in [0.2, 0.25) is 0 Å². The number of hydrogen-bond donors (Lipinski definition) is 1. The van der Waals surface area contributed by atoms with Crippen LogP contribution in [0.5, 0.6) is 0 Å². The van der Waals surface area contributed by atoms with Crippen molar-refractivity contribution in [2.75, 3.05) is 13.7 Å². The molecule has 2 atom stereocenters. The van der Waals surface area contributed by atoms with Gasteiger partial charge in [0.25, 0.3) is 0 Å². The number of benzene rings is 1. The third-order valence-corrected chi connectivity index (χ3v) is 2.88. The zero-order chi connectivity index (χ0) is 10.7. The Bertz CT molecular complexity index is 337. The monoisotopic (exact) mass is 205 g/mol. The van der Waals surface area contributed by atoms with E-state index in [-0.39, 0.29) is 17.9 Å². The van der Waals surface area contributed by atoms with Gasteiger partial charge in [-0.3, -0.25) is 4.79 Å². The lowest BCUT2D eigenvalue weighted by atomic mass is 9.94. The van der Waals surface area contributed by atoms with Crippen molar-refractivity contribution in [2.45, 2.75) is 12.5 Å². The fraction of sp³-hybridized carbons (Fsp3) is 0.417. The van der Waals surface area contributed by atoms with E-state index in [0.717, 1.165) is 18.5 Å². The summed E-state index contributed by atoms with van der Waals surface area (Å²) in [6.07, 6.45) is 0.853. The summed E-state index contributed by atoms with van der Waals surface area (Å²) in [5, 5.41) is 3.34. The zero-order valence-electron chi connectivity index (χ0n) is 8.77. The van der Waals surface area contributed by atoms with Crippen LogP contribution in [0.25, 0.3) is 0 Å². The second kappa shape index (κ2) is 4.45. The maximum Gasteiger partial charge on any atom is 0.310 e. The van der Waals surface area contributed by atoms with Crippen LogP contribution in [0.3, 0.4) is 0 Å². The number of methoxy groups -OCH3 is 1. The van der Waals surface area contributed by atoms with Gasteiger partial charge in [0.05, 0.1) is 13.0 Å². The third kappa shape index (κ3) is 2.02. The Morgan fingerprint density at radius 1 is 1.40 bits per heavy atom. The molecule has 0 aromatic heterocycles. The number of carbonyl (C=O) groups is 1. The van der Waals surface area contributed by atoms with Crippen LogP contribution in [0.1, 0.15) is 18.0 Å². The van der Waals surface area contributed by atoms with E-state index in [2.05, 4.69) is 5.32 Å². The highest BCUT2D eigenvalue weighted by atomic mass is 16.5.